The molecule has 240 valence electrons. The molecule has 11 heteroatoms. The summed E-state index contributed by atoms with van der Waals surface area (Å²) in [5, 5.41) is 26.5. The first-order valence-corrected chi connectivity index (χ1v) is 15.0. The monoisotopic (exact) mass is 619 g/mol. The van der Waals surface area contributed by atoms with Crippen LogP contribution in [0.4, 0.5) is 0 Å². The van der Waals surface area contributed by atoms with E-state index in [9.17, 15) is 34.2 Å². The zero-order valence-corrected chi connectivity index (χ0v) is 26.7. The first-order valence-electron chi connectivity index (χ1n) is 15.0. The quantitative estimate of drug-likeness (QED) is 0.335. The molecule has 5 rings (SSSR count). The van der Waals surface area contributed by atoms with Crippen molar-refractivity contribution in [3.05, 3.63) is 47.0 Å². The van der Waals surface area contributed by atoms with E-state index in [4.69, 9.17) is 10.5 Å². The molecule has 2 aromatic carbocycles. The lowest BCUT2D eigenvalue weighted by atomic mass is 9.42. The summed E-state index contributed by atoms with van der Waals surface area (Å²) in [6.45, 7) is 7.88. The summed E-state index contributed by atoms with van der Waals surface area (Å²) in [4.78, 5) is 70.0. The molecular formula is C34H41N3O8. The highest BCUT2D eigenvalue weighted by Crippen LogP contribution is 2.62. The van der Waals surface area contributed by atoms with E-state index < -0.39 is 63.3 Å². The molecule has 11 nitrogen and oxygen atoms in total. The number of carbonyl (C=O) groups is 5. The fourth-order valence-electron chi connectivity index (χ4n) is 8.37. The Morgan fingerprint density at radius 3 is 2.33 bits per heavy atom. The molecule has 0 radical (unpaired) electrons. The number of aliphatic hydroxyl groups is 1. The van der Waals surface area contributed by atoms with Crippen LogP contribution in [0.2, 0.25) is 0 Å². The third-order valence-corrected chi connectivity index (χ3v) is 10.1. The lowest BCUT2D eigenvalue weighted by Gasteiger charge is -2.61. The van der Waals surface area contributed by atoms with Crippen LogP contribution in [0.25, 0.3) is 11.1 Å². The summed E-state index contributed by atoms with van der Waals surface area (Å²) >= 11 is 0. The first kappa shape index (κ1) is 32.5. The number of primary amides is 1. The summed E-state index contributed by atoms with van der Waals surface area (Å²) in [7, 11) is 4.66. The average molecular weight is 620 g/mol. The number of carbonyl (C=O) groups excluding carboxylic acids is 5. The minimum absolute atomic E-state index is 0.0711. The Morgan fingerprint density at radius 1 is 1.09 bits per heavy atom. The predicted molar refractivity (Wildman–Crippen MR) is 165 cm³/mol. The molecule has 0 spiro atoms. The molecule has 0 bridgehead atoms. The minimum Gasteiger partial charge on any atom is -0.507 e. The lowest BCUT2D eigenvalue weighted by molar-refractivity contribution is -0.203. The number of ether oxygens (including phenoxy) is 1. The van der Waals surface area contributed by atoms with E-state index in [2.05, 4.69) is 5.32 Å². The van der Waals surface area contributed by atoms with Gasteiger partial charge in [-0.1, -0.05) is 39.8 Å². The fourth-order valence-corrected chi connectivity index (χ4v) is 8.37. The number of nitrogens with zero attached hydrogens (tertiary/aromatic N) is 1. The summed E-state index contributed by atoms with van der Waals surface area (Å²) in [6, 6.07) is 7.84. The summed E-state index contributed by atoms with van der Waals surface area (Å²) in [5.74, 6) is -8.55. The summed E-state index contributed by atoms with van der Waals surface area (Å²) in [6.07, 6.45) is 0.0216. The Balaban J connectivity index is 1.72. The van der Waals surface area contributed by atoms with Gasteiger partial charge in [0, 0.05) is 23.6 Å². The number of methoxy groups -OCH3 is 1. The predicted octanol–water partition coefficient (Wildman–Crippen LogP) is 1.82. The van der Waals surface area contributed by atoms with Gasteiger partial charge in [-0.2, -0.15) is 0 Å². The van der Waals surface area contributed by atoms with Crippen LogP contribution in [0.5, 0.6) is 11.5 Å². The number of aromatic hydroxyl groups is 1. The van der Waals surface area contributed by atoms with E-state index in [0.717, 1.165) is 5.56 Å². The number of nitrogens with one attached hydrogen (secondary N) is 1. The van der Waals surface area contributed by atoms with Crippen LogP contribution in [0, 0.1) is 22.7 Å². The number of rotatable bonds is 7. The van der Waals surface area contributed by atoms with Crippen molar-refractivity contribution in [3.8, 4) is 22.6 Å². The van der Waals surface area contributed by atoms with Crippen LogP contribution in [0.3, 0.4) is 0 Å². The van der Waals surface area contributed by atoms with Crippen molar-refractivity contribution in [2.24, 2.45) is 28.4 Å². The number of amides is 1. The summed E-state index contributed by atoms with van der Waals surface area (Å²) < 4.78 is 5.70. The molecule has 5 N–H and O–H groups in total. The standard InChI is InChI=1S/C34H41N3O8/c1-16(2)36-14-17-8-11-22(45-7)19(12-17)18-9-10-21(38)23-20(18)13-32(3)15-33(4)28(37(5)6)27(40)24(31(35)43)29(41)34(33,44)30(42)25(32)26(23)39/h8-12,16,24-25,28,36,38,44H,13-15H2,1-7H3,(H2,35,43)/t24?,25?,28-,32+,33+,34-/m1/s1. The second kappa shape index (κ2) is 10.9. The Hall–Kier alpha value is -3.93. The van der Waals surface area contributed by atoms with Gasteiger partial charge in [-0.3, -0.25) is 28.9 Å². The van der Waals surface area contributed by atoms with E-state index in [1.54, 1.807) is 34.2 Å². The van der Waals surface area contributed by atoms with E-state index in [0.29, 0.717) is 29.0 Å². The molecular weight excluding hydrogens is 578 g/mol. The molecule has 0 aliphatic heterocycles. The van der Waals surface area contributed by atoms with E-state index >= 15 is 0 Å². The van der Waals surface area contributed by atoms with Crippen molar-refractivity contribution < 1.29 is 38.9 Å². The number of phenolic OH excluding ortho intramolecular Hbond substituents is 1. The third-order valence-electron chi connectivity index (χ3n) is 10.1. The molecule has 3 aliphatic carbocycles. The van der Waals surface area contributed by atoms with Crippen LogP contribution in [0.1, 0.15) is 55.6 Å². The van der Waals surface area contributed by atoms with E-state index in [-0.39, 0.29) is 30.2 Å². The number of Topliss-reactive ketones (excluding diaryl/α,β-unsaturated/α-hetero) is 4. The molecule has 1 amide bonds. The van der Waals surface area contributed by atoms with Crippen molar-refractivity contribution >= 4 is 29.0 Å². The molecule has 2 aromatic rings. The average Bonchev–Trinajstić information content (AvgIpc) is 2.93. The van der Waals surface area contributed by atoms with Gasteiger partial charge in [-0.05, 0) is 67.2 Å². The highest BCUT2D eigenvalue weighted by atomic mass is 16.5. The SMILES string of the molecule is COc1ccc(CNC(C)C)cc1-c1ccc(O)c2c1C[C@@]1(C)C[C@@]3(C)[C@H](N(C)C)C(=O)C(C(N)=O)C(=O)[C@@]3(O)C(=O)C1C2=O. The molecule has 2 unspecified atom stereocenters. The van der Waals surface area contributed by atoms with Crippen LogP contribution >= 0.6 is 0 Å². The maximum atomic E-state index is 14.5. The second-order valence-electron chi connectivity index (χ2n) is 13.8. The molecule has 0 heterocycles. The maximum absolute atomic E-state index is 14.5. The molecule has 2 fully saturated rings. The first-order chi connectivity index (χ1) is 20.9. The van der Waals surface area contributed by atoms with Crippen LogP contribution in [-0.4, -0.2) is 83.0 Å². The topological polar surface area (TPSA) is 176 Å². The van der Waals surface area contributed by atoms with Crippen molar-refractivity contribution in [3.63, 3.8) is 0 Å². The highest BCUT2D eigenvalue weighted by Gasteiger charge is 2.76. The van der Waals surface area contributed by atoms with Gasteiger partial charge < -0.3 is 26.0 Å². The minimum atomic E-state index is -2.85. The number of phenols is 1. The molecule has 0 saturated heterocycles. The number of hydrogen-bond donors (Lipinski definition) is 4. The zero-order chi connectivity index (χ0) is 33.4. The van der Waals surface area contributed by atoms with E-state index in [1.165, 1.54) is 17.9 Å². The lowest BCUT2D eigenvalue weighted by Crippen LogP contribution is -2.79. The highest BCUT2D eigenvalue weighted by molar-refractivity contribution is 6.33. The smallest absolute Gasteiger partial charge is 0.235 e. The van der Waals surface area contributed by atoms with Gasteiger partial charge >= 0.3 is 0 Å². The van der Waals surface area contributed by atoms with Crippen molar-refractivity contribution in [2.75, 3.05) is 21.2 Å². The molecule has 2 saturated carbocycles. The molecule has 6 atom stereocenters. The fraction of sp³-hybridized carbons (Fsp3) is 0.500. The van der Waals surface area contributed by atoms with Gasteiger partial charge in [-0.25, -0.2) is 0 Å². The Labute approximate surface area is 262 Å². The van der Waals surface area contributed by atoms with Gasteiger partial charge in [0.05, 0.1) is 24.6 Å². The van der Waals surface area contributed by atoms with Crippen molar-refractivity contribution in [2.45, 2.75) is 64.8 Å². The number of likely N-dealkylation sites (N-methyl/N-ethyl adjacent to an activating group) is 1. The largest absolute Gasteiger partial charge is 0.507 e. The number of benzene rings is 2. The molecule has 0 aromatic heterocycles. The van der Waals surface area contributed by atoms with Crippen molar-refractivity contribution in [1.82, 2.24) is 10.2 Å². The van der Waals surface area contributed by atoms with Gasteiger partial charge in [0.2, 0.25) is 5.91 Å². The van der Waals surface area contributed by atoms with Gasteiger partial charge in [0.25, 0.3) is 0 Å². The number of nitrogens with two attached hydrogens (primary N) is 1. The number of ketones is 4. The zero-order valence-electron chi connectivity index (χ0n) is 26.7. The maximum Gasteiger partial charge on any atom is 0.235 e. The van der Waals surface area contributed by atoms with Gasteiger partial charge in [0.1, 0.15) is 11.5 Å². The Morgan fingerprint density at radius 2 is 1.76 bits per heavy atom. The molecule has 3 aliphatic rings. The second-order valence-corrected chi connectivity index (χ2v) is 13.8. The number of hydrogen-bond acceptors (Lipinski definition) is 10. The van der Waals surface area contributed by atoms with Gasteiger partial charge in [-0.15, -0.1) is 0 Å². The summed E-state index contributed by atoms with van der Waals surface area (Å²) in [5.41, 5.74) is 2.44. The van der Waals surface area contributed by atoms with E-state index in [1.807, 2.05) is 32.0 Å². The third kappa shape index (κ3) is 4.54. The van der Waals surface area contributed by atoms with Crippen LogP contribution < -0.4 is 15.8 Å². The van der Waals surface area contributed by atoms with Gasteiger partial charge in [0.15, 0.2) is 34.7 Å². The number of fused-ring (bicyclic) bond motifs is 3. The van der Waals surface area contributed by atoms with Crippen molar-refractivity contribution in [1.29, 1.82) is 0 Å². The van der Waals surface area contributed by atoms with Crippen LogP contribution in [-0.2, 0) is 32.1 Å². The Bertz CT molecular complexity index is 1650. The normalized spacial score (nSPS) is 31.1. The van der Waals surface area contributed by atoms with Crippen LogP contribution in [0.15, 0.2) is 30.3 Å². The Kier molecular flexibility index (Phi) is 7.83. The molecule has 45 heavy (non-hydrogen) atoms.